The second kappa shape index (κ2) is 8.02. The van der Waals surface area contributed by atoms with Crippen LogP contribution in [0.1, 0.15) is 32.3 Å². The molecule has 0 radical (unpaired) electrons. The van der Waals surface area contributed by atoms with Crippen molar-refractivity contribution in [2.45, 2.75) is 39.3 Å². The lowest BCUT2D eigenvalue weighted by molar-refractivity contribution is 0.199. The van der Waals surface area contributed by atoms with Gasteiger partial charge in [0.15, 0.2) is 0 Å². The van der Waals surface area contributed by atoms with Crippen molar-refractivity contribution in [3.8, 4) is 0 Å². The van der Waals surface area contributed by atoms with Gasteiger partial charge in [0.25, 0.3) is 0 Å². The summed E-state index contributed by atoms with van der Waals surface area (Å²) in [4.78, 5) is 2.51. The predicted molar refractivity (Wildman–Crippen MR) is 90.2 cm³/mol. The van der Waals surface area contributed by atoms with E-state index in [-0.39, 0.29) is 0 Å². The second-order valence-electron chi connectivity index (χ2n) is 6.06. The first-order chi connectivity index (χ1) is 10.1. The largest absolute Gasteiger partial charge is 0.383 e. The van der Waals surface area contributed by atoms with E-state index in [4.69, 9.17) is 16.3 Å². The molecule has 3 nitrogen and oxygen atoms in total. The van der Waals surface area contributed by atoms with E-state index < -0.39 is 0 Å². The molecule has 0 aliphatic carbocycles. The molecule has 1 saturated heterocycles. The van der Waals surface area contributed by atoms with Crippen molar-refractivity contribution in [2.75, 3.05) is 31.7 Å². The van der Waals surface area contributed by atoms with E-state index in [9.17, 15) is 0 Å². The van der Waals surface area contributed by atoms with Gasteiger partial charge in [-0.2, -0.15) is 0 Å². The van der Waals surface area contributed by atoms with Gasteiger partial charge in [-0.15, -0.1) is 0 Å². The molecular weight excluding hydrogens is 284 g/mol. The monoisotopic (exact) mass is 310 g/mol. The average molecular weight is 311 g/mol. The predicted octanol–water partition coefficient (Wildman–Crippen LogP) is 3.70. The molecule has 4 heteroatoms. The number of hydrogen-bond acceptors (Lipinski definition) is 3. The summed E-state index contributed by atoms with van der Waals surface area (Å²) in [5, 5.41) is 4.30. The lowest BCUT2D eigenvalue weighted by atomic mass is 10.0. The van der Waals surface area contributed by atoms with Crippen LogP contribution in [0.15, 0.2) is 18.2 Å². The summed E-state index contributed by atoms with van der Waals surface area (Å²) in [6, 6.07) is 6.82. The summed E-state index contributed by atoms with van der Waals surface area (Å²) in [7, 11) is 1.73. The van der Waals surface area contributed by atoms with E-state index in [1.54, 1.807) is 7.11 Å². The Balaban J connectivity index is 2.17. The van der Waals surface area contributed by atoms with Crippen LogP contribution >= 0.6 is 11.6 Å². The molecule has 1 fully saturated rings. The molecule has 1 aromatic carbocycles. The number of nitrogens with zero attached hydrogens (tertiary/aromatic N) is 1. The van der Waals surface area contributed by atoms with Gasteiger partial charge in [0.2, 0.25) is 0 Å². The van der Waals surface area contributed by atoms with Gasteiger partial charge in [-0.3, -0.25) is 0 Å². The molecular formula is C17H27ClN2O. The molecule has 1 aliphatic rings. The van der Waals surface area contributed by atoms with Crippen molar-refractivity contribution in [3.63, 3.8) is 0 Å². The molecule has 1 heterocycles. The minimum Gasteiger partial charge on any atom is -0.383 e. The van der Waals surface area contributed by atoms with Crippen LogP contribution in [-0.2, 0) is 11.3 Å². The first kappa shape index (κ1) is 16.6. The maximum atomic E-state index is 6.53. The van der Waals surface area contributed by atoms with Crippen LogP contribution in [0, 0.1) is 5.92 Å². The number of nitrogens with one attached hydrogen (secondary N) is 1. The number of hydrogen-bond donors (Lipinski definition) is 1. The number of methoxy groups -OCH3 is 1. The van der Waals surface area contributed by atoms with Gasteiger partial charge in [0, 0.05) is 32.8 Å². The topological polar surface area (TPSA) is 24.5 Å². The molecule has 2 rings (SSSR count). The summed E-state index contributed by atoms with van der Waals surface area (Å²) in [5.74, 6) is 0.651. The Hall–Kier alpha value is -0.770. The second-order valence-corrected chi connectivity index (χ2v) is 6.47. The first-order valence-corrected chi connectivity index (χ1v) is 8.26. The number of rotatable bonds is 7. The molecule has 1 aliphatic heterocycles. The molecule has 0 spiro atoms. The highest BCUT2D eigenvalue weighted by Crippen LogP contribution is 2.37. The zero-order valence-electron chi connectivity index (χ0n) is 13.4. The maximum Gasteiger partial charge on any atom is 0.0643 e. The Morgan fingerprint density at radius 2 is 2.24 bits per heavy atom. The molecule has 1 aromatic rings. The summed E-state index contributed by atoms with van der Waals surface area (Å²) in [5.41, 5.74) is 2.51. The summed E-state index contributed by atoms with van der Waals surface area (Å²) >= 11 is 6.53. The van der Waals surface area contributed by atoms with Gasteiger partial charge in [-0.05, 0) is 30.4 Å². The average Bonchev–Trinajstić information content (AvgIpc) is 2.93. The Bertz CT molecular complexity index is 450. The van der Waals surface area contributed by atoms with Crippen LogP contribution in [-0.4, -0.2) is 32.8 Å². The Kier molecular flexibility index (Phi) is 6.34. The van der Waals surface area contributed by atoms with Gasteiger partial charge < -0.3 is 15.0 Å². The third kappa shape index (κ3) is 4.12. The molecule has 118 valence electrons. The number of anilines is 1. The molecule has 0 bridgehead atoms. The maximum absolute atomic E-state index is 6.53. The molecule has 0 aromatic heterocycles. The van der Waals surface area contributed by atoms with Crippen molar-refractivity contribution in [1.29, 1.82) is 0 Å². The standard InChI is InChI=1S/C17H27ClN2O/c1-13(2)16-8-5-10-20(16)17-14(6-4-7-15(17)18)12-19-9-11-21-3/h4,6-7,13,16,19H,5,8-12H2,1-3H3. The smallest absolute Gasteiger partial charge is 0.0643 e. The SMILES string of the molecule is COCCNCc1cccc(Cl)c1N1CCCC1C(C)C. The van der Waals surface area contributed by atoms with E-state index in [1.807, 2.05) is 12.1 Å². The first-order valence-electron chi connectivity index (χ1n) is 7.88. The zero-order chi connectivity index (χ0) is 15.2. The summed E-state index contributed by atoms with van der Waals surface area (Å²) in [6.07, 6.45) is 2.52. The molecule has 21 heavy (non-hydrogen) atoms. The van der Waals surface area contributed by atoms with Crippen LogP contribution in [0.25, 0.3) is 0 Å². The number of benzene rings is 1. The lowest BCUT2D eigenvalue weighted by Gasteiger charge is -2.32. The highest BCUT2D eigenvalue weighted by Gasteiger charge is 2.29. The summed E-state index contributed by atoms with van der Waals surface area (Å²) < 4.78 is 5.08. The Morgan fingerprint density at radius 1 is 1.43 bits per heavy atom. The van der Waals surface area contributed by atoms with Crippen LogP contribution in [0.3, 0.4) is 0 Å². The van der Waals surface area contributed by atoms with Crippen molar-refractivity contribution in [2.24, 2.45) is 5.92 Å². The highest BCUT2D eigenvalue weighted by molar-refractivity contribution is 6.33. The number of halogens is 1. The molecule has 1 unspecified atom stereocenters. The minimum absolute atomic E-state index is 0.600. The van der Waals surface area contributed by atoms with Gasteiger partial charge in [-0.25, -0.2) is 0 Å². The van der Waals surface area contributed by atoms with Crippen LogP contribution < -0.4 is 10.2 Å². The van der Waals surface area contributed by atoms with E-state index >= 15 is 0 Å². The van der Waals surface area contributed by atoms with E-state index in [2.05, 4.69) is 30.1 Å². The molecule has 1 N–H and O–H groups in total. The fraction of sp³-hybridized carbons (Fsp3) is 0.647. The third-order valence-electron chi connectivity index (χ3n) is 4.22. The molecule has 0 amide bonds. The van der Waals surface area contributed by atoms with Gasteiger partial charge in [0.05, 0.1) is 17.3 Å². The van der Waals surface area contributed by atoms with Crippen molar-refractivity contribution < 1.29 is 4.74 Å². The van der Waals surface area contributed by atoms with Gasteiger partial charge in [0.1, 0.15) is 0 Å². The molecule has 1 atom stereocenters. The van der Waals surface area contributed by atoms with Gasteiger partial charge in [-0.1, -0.05) is 37.6 Å². The van der Waals surface area contributed by atoms with Crippen LogP contribution in [0.2, 0.25) is 5.02 Å². The van der Waals surface area contributed by atoms with Gasteiger partial charge >= 0.3 is 0 Å². The fourth-order valence-corrected chi connectivity index (χ4v) is 3.49. The molecule has 0 saturated carbocycles. The fourth-order valence-electron chi connectivity index (χ4n) is 3.18. The van der Waals surface area contributed by atoms with Crippen LogP contribution in [0.4, 0.5) is 5.69 Å². The van der Waals surface area contributed by atoms with E-state index in [0.29, 0.717) is 12.0 Å². The normalized spacial score (nSPS) is 18.7. The van der Waals surface area contributed by atoms with Crippen LogP contribution in [0.5, 0.6) is 0 Å². The Morgan fingerprint density at radius 3 is 2.95 bits per heavy atom. The summed E-state index contributed by atoms with van der Waals surface area (Å²) in [6.45, 7) is 8.13. The van der Waals surface area contributed by atoms with Crippen molar-refractivity contribution in [3.05, 3.63) is 28.8 Å². The number of para-hydroxylation sites is 1. The van der Waals surface area contributed by atoms with Crippen molar-refractivity contribution >= 4 is 17.3 Å². The zero-order valence-corrected chi connectivity index (χ0v) is 14.1. The van der Waals surface area contributed by atoms with E-state index in [0.717, 1.165) is 31.3 Å². The van der Waals surface area contributed by atoms with Crippen molar-refractivity contribution in [1.82, 2.24) is 5.32 Å². The minimum atomic E-state index is 0.600. The Labute approximate surface area is 133 Å². The lowest BCUT2D eigenvalue weighted by Crippen LogP contribution is -2.34. The third-order valence-corrected chi connectivity index (χ3v) is 4.53. The number of ether oxygens (including phenoxy) is 1. The quantitative estimate of drug-likeness (QED) is 0.777. The van der Waals surface area contributed by atoms with E-state index in [1.165, 1.54) is 24.1 Å². The highest BCUT2D eigenvalue weighted by atomic mass is 35.5.